The highest BCUT2D eigenvalue weighted by molar-refractivity contribution is 6.30. The van der Waals surface area contributed by atoms with Crippen LogP contribution in [0.4, 0.5) is 0 Å². The maximum atomic E-state index is 12.8. The summed E-state index contributed by atoms with van der Waals surface area (Å²) in [5.74, 6) is 0.339. The highest BCUT2D eigenvalue weighted by Crippen LogP contribution is 2.42. The Hall–Kier alpha value is -1.85. The van der Waals surface area contributed by atoms with Gasteiger partial charge in [-0.15, -0.1) is 0 Å². The molecule has 2 aromatic rings. The van der Waals surface area contributed by atoms with Gasteiger partial charge in [-0.25, -0.2) is 4.68 Å². The van der Waals surface area contributed by atoms with Gasteiger partial charge in [0.15, 0.2) is 0 Å². The normalized spacial score (nSPS) is 20.0. The van der Waals surface area contributed by atoms with Crippen molar-refractivity contribution < 1.29 is 9.53 Å². The average molecular weight is 360 g/mol. The van der Waals surface area contributed by atoms with Gasteiger partial charge in [-0.1, -0.05) is 17.7 Å². The molecule has 1 aliphatic carbocycles. The zero-order valence-electron chi connectivity index (χ0n) is 14.3. The van der Waals surface area contributed by atoms with Crippen LogP contribution in [0.15, 0.2) is 24.3 Å². The summed E-state index contributed by atoms with van der Waals surface area (Å²) < 4.78 is 7.43. The van der Waals surface area contributed by atoms with Crippen LogP contribution in [0.3, 0.4) is 0 Å². The number of carbonyl (C=O) groups is 1. The topological polar surface area (TPSA) is 56.1 Å². The highest BCUT2D eigenvalue weighted by atomic mass is 35.5. The van der Waals surface area contributed by atoms with Crippen molar-refractivity contribution in [3.63, 3.8) is 0 Å². The van der Waals surface area contributed by atoms with Crippen molar-refractivity contribution in [3.05, 3.63) is 46.2 Å². The fourth-order valence-electron chi connectivity index (χ4n) is 3.41. The molecule has 1 saturated carbocycles. The smallest absolute Gasteiger partial charge is 0.255 e. The molecule has 1 N–H and O–H groups in total. The van der Waals surface area contributed by atoms with E-state index in [1.165, 1.54) is 0 Å². The van der Waals surface area contributed by atoms with E-state index in [0.717, 1.165) is 49.4 Å². The van der Waals surface area contributed by atoms with E-state index in [1.807, 2.05) is 35.9 Å². The third kappa shape index (κ3) is 3.44. The van der Waals surface area contributed by atoms with Crippen LogP contribution in [0.25, 0.3) is 5.69 Å². The Bertz CT molecular complexity index is 792. The molecule has 0 radical (unpaired) electrons. The molecule has 0 spiro atoms. The minimum Gasteiger partial charge on any atom is -0.376 e. The molecule has 1 aliphatic heterocycles. The third-order valence-corrected chi connectivity index (χ3v) is 5.14. The zero-order valence-corrected chi connectivity index (χ0v) is 15.1. The summed E-state index contributed by atoms with van der Waals surface area (Å²) in [6, 6.07) is 7.55. The molecular weight excluding hydrogens is 338 g/mol. The molecule has 1 saturated heterocycles. The fraction of sp³-hybridized carbons (Fsp3) is 0.474. The second-order valence-corrected chi connectivity index (χ2v) is 7.29. The SMILES string of the molecule is Cc1c(C(=O)NCC2CCCO2)c(C2CC2)nn1-c1cccc(Cl)c1. The van der Waals surface area contributed by atoms with Crippen LogP contribution >= 0.6 is 11.6 Å². The van der Waals surface area contributed by atoms with Crippen LogP contribution in [0.2, 0.25) is 5.02 Å². The summed E-state index contributed by atoms with van der Waals surface area (Å²) in [6.07, 6.45) is 4.41. The van der Waals surface area contributed by atoms with Crippen LogP contribution in [0.1, 0.15) is 53.3 Å². The fourth-order valence-corrected chi connectivity index (χ4v) is 3.59. The molecule has 2 heterocycles. The van der Waals surface area contributed by atoms with E-state index in [1.54, 1.807) is 0 Å². The van der Waals surface area contributed by atoms with E-state index < -0.39 is 0 Å². The number of halogens is 1. The Morgan fingerprint density at radius 1 is 1.40 bits per heavy atom. The van der Waals surface area contributed by atoms with Gasteiger partial charge in [-0.3, -0.25) is 4.79 Å². The molecule has 1 aromatic heterocycles. The standard InChI is InChI=1S/C19H22ClN3O2/c1-12-17(19(24)21-11-16-6-3-9-25-16)18(13-7-8-13)22-23(12)15-5-2-4-14(20)10-15/h2,4-5,10,13,16H,3,6-9,11H2,1H3,(H,21,24). The van der Waals surface area contributed by atoms with E-state index in [4.69, 9.17) is 21.4 Å². The molecule has 2 fully saturated rings. The molecule has 25 heavy (non-hydrogen) atoms. The lowest BCUT2D eigenvalue weighted by molar-refractivity contribution is 0.0856. The Morgan fingerprint density at radius 3 is 2.92 bits per heavy atom. The van der Waals surface area contributed by atoms with E-state index in [2.05, 4.69) is 5.32 Å². The lowest BCUT2D eigenvalue weighted by Crippen LogP contribution is -2.32. The third-order valence-electron chi connectivity index (χ3n) is 4.90. The van der Waals surface area contributed by atoms with Crippen molar-refractivity contribution >= 4 is 17.5 Å². The van der Waals surface area contributed by atoms with Crippen molar-refractivity contribution in [1.29, 1.82) is 0 Å². The van der Waals surface area contributed by atoms with Crippen LogP contribution in [0.5, 0.6) is 0 Å². The first-order valence-electron chi connectivity index (χ1n) is 8.88. The average Bonchev–Trinajstić information content (AvgIpc) is 3.19. The molecule has 4 rings (SSSR count). The Morgan fingerprint density at radius 2 is 2.24 bits per heavy atom. The monoisotopic (exact) mass is 359 g/mol. The molecule has 0 bridgehead atoms. The lowest BCUT2D eigenvalue weighted by atomic mass is 10.1. The van der Waals surface area contributed by atoms with E-state index in [-0.39, 0.29) is 12.0 Å². The molecular formula is C19H22ClN3O2. The van der Waals surface area contributed by atoms with Gasteiger partial charge in [-0.05, 0) is 50.8 Å². The van der Waals surface area contributed by atoms with Gasteiger partial charge < -0.3 is 10.1 Å². The number of aromatic nitrogens is 2. The maximum Gasteiger partial charge on any atom is 0.255 e. The van der Waals surface area contributed by atoms with Crippen molar-refractivity contribution in [2.24, 2.45) is 0 Å². The van der Waals surface area contributed by atoms with Crippen LogP contribution in [-0.2, 0) is 4.74 Å². The molecule has 1 unspecified atom stereocenters. The van der Waals surface area contributed by atoms with E-state index >= 15 is 0 Å². The molecule has 1 aromatic carbocycles. The maximum absolute atomic E-state index is 12.8. The van der Waals surface area contributed by atoms with Crippen LogP contribution < -0.4 is 5.32 Å². The number of nitrogens with zero attached hydrogens (tertiary/aromatic N) is 2. The lowest BCUT2D eigenvalue weighted by Gasteiger charge is -2.11. The predicted octanol–water partition coefficient (Wildman–Crippen LogP) is 3.62. The summed E-state index contributed by atoms with van der Waals surface area (Å²) in [4.78, 5) is 12.8. The number of carbonyl (C=O) groups excluding carboxylic acids is 1. The molecule has 1 amide bonds. The van der Waals surface area contributed by atoms with Gasteiger partial charge in [0.1, 0.15) is 0 Å². The second-order valence-electron chi connectivity index (χ2n) is 6.86. The number of nitrogens with one attached hydrogen (secondary N) is 1. The highest BCUT2D eigenvalue weighted by Gasteiger charge is 2.34. The second kappa shape index (κ2) is 6.81. The predicted molar refractivity (Wildman–Crippen MR) is 96.6 cm³/mol. The van der Waals surface area contributed by atoms with Gasteiger partial charge in [0, 0.05) is 24.1 Å². The van der Waals surface area contributed by atoms with Gasteiger partial charge in [0.05, 0.1) is 28.7 Å². The summed E-state index contributed by atoms with van der Waals surface area (Å²) in [5.41, 5.74) is 3.35. The number of hydrogen-bond donors (Lipinski definition) is 1. The minimum atomic E-state index is -0.0526. The summed E-state index contributed by atoms with van der Waals surface area (Å²) >= 11 is 6.12. The number of rotatable bonds is 5. The van der Waals surface area contributed by atoms with Crippen LogP contribution in [-0.4, -0.2) is 34.9 Å². The van der Waals surface area contributed by atoms with Gasteiger partial charge in [0.2, 0.25) is 0 Å². The van der Waals surface area contributed by atoms with Crippen LogP contribution in [0, 0.1) is 6.92 Å². The largest absolute Gasteiger partial charge is 0.376 e. The van der Waals surface area contributed by atoms with Crippen molar-refractivity contribution in [1.82, 2.24) is 15.1 Å². The van der Waals surface area contributed by atoms with Crippen molar-refractivity contribution in [2.75, 3.05) is 13.2 Å². The minimum absolute atomic E-state index is 0.0526. The Labute approximate surface area is 152 Å². The zero-order chi connectivity index (χ0) is 17.4. The van der Waals surface area contributed by atoms with Crippen molar-refractivity contribution in [3.8, 4) is 5.69 Å². The first-order valence-corrected chi connectivity index (χ1v) is 9.26. The van der Waals surface area contributed by atoms with Gasteiger partial charge in [-0.2, -0.15) is 5.10 Å². The number of amides is 1. The molecule has 132 valence electrons. The Balaban J connectivity index is 1.62. The molecule has 6 heteroatoms. The number of ether oxygens (including phenoxy) is 1. The first kappa shape index (κ1) is 16.6. The first-order chi connectivity index (χ1) is 12.1. The number of hydrogen-bond acceptors (Lipinski definition) is 3. The molecule has 1 atom stereocenters. The number of benzene rings is 1. The Kier molecular flexibility index (Phi) is 4.52. The summed E-state index contributed by atoms with van der Waals surface area (Å²) in [7, 11) is 0. The van der Waals surface area contributed by atoms with E-state index in [9.17, 15) is 4.79 Å². The van der Waals surface area contributed by atoms with Crippen molar-refractivity contribution in [2.45, 2.75) is 44.6 Å². The quantitative estimate of drug-likeness (QED) is 0.887. The molecule has 5 nitrogen and oxygen atoms in total. The molecule has 2 aliphatic rings. The van der Waals surface area contributed by atoms with Gasteiger partial charge >= 0.3 is 0 Å². The van der Waals surface area contributed by atoms with Gasteiger partial charge in [0.25, 0.3) is 5.91 Å². The summed E-state index contributed by atoms with van der Waals surface area (Å²) in [5, 5.41) is 8.44. The van der Waals surface area contributed by atoms with E-state index in [0.29, 0.717) is 23.0 Å². The summed E-state index contributed by atoms with van der Waals surface area (Å²) in [6.45, 7) is 3.30.